The lowest BCUT2D eigenvalue weighted by Gasteiger charge is -2.48. The molecule has 1 N–H and O–H groups in total. The van der Waals surface area contributed by atoms with Gasteiger partial charge in [0, 0.05) is 63.5 Å². The van der Waals surface area contributed by atoms with Gasteiger partial charge < -0.3 is 19.9 Å². The lowest BCUT2D eigenvalue weighted by atomic mass is 9.86. The maximum absolute atomic E-state index is 13.2. The Morgan fingerprint density at radius 3 is 2.50 bits per heavy atom. The summed E-state index contributed by atoms with van der Waals surface area (Å²) >= 11 is 0. The SMILES string of the molecule is COc1cccc(CCNC(=O)CC[C@@H]2CN(C(C)C)CC[C@@H]2N2CCN(c3cccc(C(F)(F)F)c3)CC2)c1. The third-order valence-corrected chi connectivity index (χ3v) is 8.39. The summed E-state index contributed by atoms with van der Waals surface area (Å²) in [5.74, 6) is 1.27. The molecule has 0 unspecified atom stereocenters. The van der Waals surface area contributed by atoms with Gasteiger partial charge >= 0.3 is 6.18 Å². The number of nitrogens with one attached hydrogen (secondary N) is 1. The molecule has 2 aromatic rings. The highest BCUT2D eigenvalue weighted by molar-refractivity contribution is 5.75. The molecule has 9 heteroatoms. The summed E-state index contributed by atoms with van der Waals surface area (Å²) < 4.78 is 44.9. The molecule has 0 spiro atoms. The monoisotopic (exact) mass is 560 g/mol. The first-order valence-electron chi connectivity index (χ1n) is 14.4. The van der Waals surface area contributed by atoms with Crippen molar-refractivity contribution in [2.24, 2.45) is 5.92 Å². The van der Waals surface area contributed by atoms with Crippen molar-refractivity contribution in [3.05, 3.63) is 59.7 Å². The highest BCUT2D eigenvalue weighted by atomic mass is 19.4. The van der Waals surface area contributed by atoms with E-state index in [-0.39, 0.29) is 5.91 Å². The number of alkyl halides is 3. The molecule has 0 aliphatic carbocycles. The van der Waals surface area contributed by atoms with Crippen molar-refractivity contribution in [2.75, 3.05) is 57.8 Å². The van der Waals surface area contributed by atoms with Gasteiger partial charge in [0.1, 0.15) is 5.75 Å². The summed E-state index contributed by atoms with van der Waals surface area (Å²) in [4.78, 5) is 19.8. The van der Waals surface area contributed by atoms with Gasteiger partial charge in [-0.2, -0.15) is 13.2 Å². The van der Waals surface area contributed by atoms with Crippen LogP contribution in [0, 0.1) is 5.92 Å². The normalized spacial score (nSPS) is 21.0. The number of hydrogen-bond donors (Lipinski definition) is 1. The second kappa shape index (κ2) is 13.7. The molecule has 0 radical (unpaired) electrons. The van der Waals surface area contributed by atoms with E-state index in [4.69, 9.17) is 4.74 Å². The Labute approximate surface area is 236 Å². The molecule has 40 heavy (non-hydrogen) atoms. The molecule has 0 aromatic heterocycles. The quantitative estimate of drug-likeness (QED) is 0.440. The van der Waals surface area contributed by atoms with Gasteiger partial charge in [-0.15, -0.1) is 0 Å². The molecule has 2 saturated heterocycles. The number of methoxy groups -OCH3 is 1. The van der Waals surface area contributed by atoms with E-state index in [0.29, 0.717) is 49.7 Å². The molecule has 1 amide bonds. The maximum Gasteiger partial charge on any atom is 0.416 e. The largest absolute Gasteiger partial charge is 0.497 e. The highest BCUT2D eigenvalue weighted by Gasteiger charge is 2.36. The minimum absolute atomic E-state index is 0.0812. The Bertz CT molecular complexity index is 1100. The second-order valence-corrected chi connectivity index (χ2v) is 11.3. The molecule has 2 aliphatic heterocycles. The lowest BCUT2D eigenvalue weighted by Crippen LogP contribution is -2.57. The molecule has 2 aliphatic rings. The Kier molecular flexibility index (Phi) is 10.4. The van der Waals surface area contributed by atoms with Gasteiger partial charge in [-0.25, -0.2) is 0 Å². The fourth-order valence-corrected chi connectivity index (χ4v) is 6.05. The number of rotatable bonds is 10. The average molecular weight is 561 g/mol. The van der Waals surface area contributed by atoms with Crippen molar-refractivity contribution in [2.45, 2.75) is 57.8 Å². The van der Waals surface area contributed by atoms with E-state index < -0.39 is 11.7 Å². The molecule has 2 aromatic carbocycles. The van der Waals surface area contributed by atoms with E-state index in [9.17, 15) is 18.0 Å². The first kappa shape index (κ1) is 30.2. The van der Waals surface area contributed by atoms with Crippen molar-refractivity contribution < 1.29 is 22.7 Å². The van der Waals surface area contributed by atoms with E-state index >= 15 is 0 Å². The summed E-state index contributed by atoms with van der Waals surface area (Å²) in [7, 11) is 1.65. The van der Waals surface area contributed by atoms with Crippen LogP contribution in [0.25, 0.3) is 0 Å². The van der Waals surface area contributed by atoms with Gasteiger partial charge in [0.05, 0.1) is 12.7 Å². The second-order valence-electron chi connectivity index (χ2n) is 11.3. The number of halogens is 3. The van der Waals surface area contributed by atoms with Crippen LogP contribution in [0.15, 0.2) is 48.5 Å². The minimum Gasteiger partial charge on any atom is -0.497 e. The lowest BCUT2D eigenvalue weighted by molar-refractivity contribution is -0.137. The van der Waals surface area contributed by atoms with E-state index in [1.165, 1.54) is 12.1 Å². The Morgan fingerprint density at radius 1 is 1.05 bits per heavy atom. The van der Waals surface area contributed by atoms with Gasteiger partial charge in [-0.1, -0.05) is 18.2 Å². The maximum atomic E-state index is 13.2. The molecule has 220 valence electrons. The number of carbonyl (C=O) groups excluding carboxylic acids is 1. The van der Waals surface area contributed by atoms with Crippen LogP contribution in [0.3, 0.4) is 0 Å². The van der Waals surface area contributed by atoms with E-state index in [1.807, 2.05) is 24.3 Å². The molecule has 6 nitrogen and oxygen atoms in total. The zero-order valence-electron chi connectivity index (χ0n) is 23.9. The van der Waals surface area contributed by atoms with Crippen molar-refractivity contribution in [1.82, 2.24) is 15.1 Å². The van der Waals surface area contributed by atoms with Gasteiger partial charge in [-0.3, -0.25) is 9.69 Å². The van der Waals surface area contributed by atoms with Crippen molar-refractivity contribution >= 4 is 11.6 Å². The van der Waals surface area contributed by atoms with E-state index in [0.717, 1.165) is 62.8 Å². The fourth-order valence-electron chi connectivity index (χ4n) is 6.05. The highest BCUT2D eigenvalue weighted by Crippen LogP contribution is 2.33. The summed E-state index contributed by atoms with van der Waals surface area (Å²) in [5, 5.41) is 3.08. The summed E-state index contributed by atoms with van der Waals surface area (Å²) in [5.41, 5.74) is 1.16. The van der Waals surface area contributed by atoms with Crippen LogP contribution in [-0.4, -0.2) is 80.7 Å². The Balaban J connectivity index is 1.30. The Morgan fingerprint density at radius 2 is 1.80 bits per heavy atom. The number of likely N-dealkylation sites (tertiary alicyclic amines) is 1. The first-order chi connectivity index (χ1) is 19.1. The van der Waals surface area contributed by atoms with Gasteiger partial charge in [0.25, 0.3) is 0 Å². The smallest absolute Gasteiger partial charge is 0.416 e. The molecule has 2 heterocycles. The molecule has 2 fully saturated rings. The molecular formula is C31H43F3N4O2. The van der Waals surface area contributed by atoms with Crippen LogP contribution >= 0.6 is 0 Å². The third-order valence-electron chi connectivity index (χ3n) is 8.39. The molecule has 0 bridgehead atoms. The van der Waals surface area contributed by atoms with E-state index in [1.54, 1.807) is 13.2 Å². The molecule has 2 atom stereocenters. The number of ether oxygens (including phenoxy) is 1. The number of anilines is 1. The average Bonchev–Trinajstić information content (AvgIpc) is 2.96. The van der Waals surface area contributed by atoms with Crippen LogP contribution in [0.4, 0.5) is 18.9 Å². The number of benzene rings is 2. The van der Waals surface area contributed by atoms with Gasteiger partial charge in [-0.05, 0) is 81.5 Å². The van der Waals surface area contributed by atoms with E-state index in [2.05, 4.69) is 33.9 Å². The predicted molar refractivity (Wildman–Crippen MR) is 153 cm³/mol. The number of nitrogens with zero attached hydrogens (tertiary/aromatic N) is 3. The predicted octanol–water partition coefficient (Wildman–Crippen LogP) is 5.07. The van der Waals surface area contributed by atoms with Crippen LogP contribution < -0.4 is 15.0 Å². The topological polar surface area (TPSA) is 48.1 Å². The fraction of sp³-hybridized carbons (Fsp3) is 0.581. The zero-order chi connectivity index (χ0) is 28.7. The number of amides is 1. The number of piperazine rings is 1. The summed E-state index contributed by atoms with van der Waals surface area (Å²) in [6.07, 6.45) is -1.21. The van der Waals surface area contributed by atoms with Crippen LogP contribution in [-0.2, 0) is 17.4 Å². The first-order valence-corrected chi connectivity index (χ1v) is 14.4. The standard InChI is InChI=1S/C31H43F3N4O2/c1-23(2)38-15-13-29(37-18-16-36(17-19-37)27-8-5-7-26(21-27)31(32,33)34)25(22-38)10-11-30(39)35-14-12-24-6-4-9-28(20-24)40-3/h4-9,20-21,23,25,29H,10-19,22H2,1-3H3,(H,35,39)/t25-,29+/m1/s1. The number of piperidine rings is 1. The molecule has 0 saturated carbocycles. The minimum atomic E-state index is -4.34. The number of hydrogen-bond acceptors (Lipinski definition) is 5. The van der Waals surface area contributed by atoms with Crippen molar-refractivity contribution in [1.29, 1.82) is 0 Å². The van der Waals surface area contributed by atoms with Crippen molar-refractivity contribution in [3.63, 3.8) is 0 Å². The van der Waals surface area contributed by atoms with Crippen LogP contribution in [0.1, 0.15) is 44.2 Å². The molecular weight excluding hydrogens is 517 g/mol. The van der Waals surface area contributed by atoms with Gasteiger partial charge in [0.2, 0.25) is 5.91 Å². The third kappa shape index (κ3) is 8.13. The zero-order valence-corrected chi connectivity index (χ0v) is 23.9. The summed E-state index contributed by atoms with van der Waals surface area (Å²) in [6.45, 7) is 10.0. The summed E-state index contributed by atoms with van der Waals surface area (Å²) in [6, 6.07) is 14.4. The van der Waals surface area contributed by atoms with Crippen LogP contribution in [0.2, 0.25) is 0 Å². The van der Waals surface area contributed by atoms with Gasteiger partial charge in [0.15, 0.2) is 0 Å². The molecule has 4 rings (SSSR count). The van der Waals surface area contributed by atoms with Crippen LogP contribution in [0.5, 0.6) is 5.75 Å². The Hall–Kier alpha value is -2.78. The number of carbonyl (C=O) groups is 1. The van der Waals surface area contributed by atoms with Crippen molar-refractivity contribution in [3.8, 4) is 5.75 Å².